The van der Waals surface area contributed by atoms with Crippen molar-refractivity contribution in [1.82, 2.24) is 15.4 Å². The fourth-order valence-electron chi connectivity index (χ4n) is 1.84. The Morgan fingerprint density at radius 2 is 1.79 bits per heavy atom. The molecule has 9 heteroatoms. The number of alkyl halides is 3. The summed E-state index contributed by atoms with van der Waals surface area (Å²) in [4.78, 5) is 10.6. The maximum Gasteiger partial charge on any atom is 0.402 e. The minimum absolute atomic E-state index is 0.102. The maximum absolute atomic E-state index is 11.8. The maximum atomic E-state index is 11.8. The van der Waals surface area contributed by atoms with E-state index in [2.05, 4.69) is 15.4 Å². The molecule has 0 fully saturated rings. The molecule has 5 nitrogen and oxygen atoms in total. The molecular formula is C15H13F3N3O2P. The van der Waals surface area contributed by atoms with Crippen LogP contribution < -0.4 is 0 Å². The first kappa shape index (κ1) is 17.9. The number of nitrogens with zero attached hydrogens (tertiary/aromatic N) is 2. The number of halogens is 3. The van der Waals surface area contributed by atoms with Crippen LogP contribution in [0.2, 0.25) is 0 Å². The van der Waals surface area contributed by atoms with Gasteiger partial charge in [0.1, 0.15) is 11.0 Å². The minimum atomic E-state index is -4.02. The predicted octanol–water partition coefficient (Wildman–Crippen LogP) is 4.04. The lowest BCUT2D eigenvalue weighted by Crippen LogP contribution is -1.97. The number of carbonyl (C=O) groups is 1. The molecule has 1 atom stereocenters. The second kappa shape index (κ2) is 7.88. The van der Waals surface area contributed by atoms with Gasteiger partial charge in [0.25, 0.3) is 0 Å². The molecule has 0 amide bonds. The summed E-state index contributed by atoms with van der Waals surface area (Å²) in [6.07, 6.45) is 0.102. The summed E-state index contributed by atoms with van der Waals surface area (Å²) >= 11 is 0. The molecule has 0 aliphatic heterocycles. The number of aromatic nitrogens is 3. The Bertz CT molecular complexity index is 806. The van der Waals surface area contributed by atoms with Gasteiger partial charge in [0, 0.05) is 0 Å². The Kier molecular flexibility index (Phi) is 5.87. The van der Waals surface area contributed by atoms with Crippen molar-refractivity contribution in [3.05, 3.63) is 59.7 Å². The summed E-state index contributed by atoms with van der Waals surface area (Å²) in [6.45, 7) is 0. The summed E-state index contributed by atoms with van der Waals surface area (Å²) in [5.74, 6) is -5.01. The quantitative estimate of drug-likeness (QED) is 0.695. The third-order valence-corrected chi connectivity index (χ3v) is 3.90. The van der Waals surface area contributed by atoms with Gasteiger partial charge in [-0.05, 0) is 32.4 Å². The van der Waals surface area contributed by atoms with E-state index in [1.54, 1.807) is 42.5 Å². The lowest BCUT2D eigenvalue weighted by Gasteiger charge is -2.05. The number of benzene rings is 2. The van der Waals surface area contributed by atoms with E-state index in [0.717, 1.165) is 5.56 Å². The number of aromatic carboxylic acids is 1. The summed E-state index contributed by atoms with van der Waals surface area (Å²) in [5.41, 5.74) is 1.87. The van der Waals surface area contributed by atoms with Crippen LogP contribution in [0.4, 0.5) is 13.2 Å². The van der Waals surface area contributed by atoms with Crippen LogP contribution in [0.3, 0.4) is 0 Å². The zero-order valence-electron chi connectivity index (χ0n) is 12.2. The van der Waals surface area contributed by atoms with Crippen LogP contribution in [0.1, 0.15) is 15.9 Å². The third kappa shape index (κ3) is 5.31. The van der Waals surface area contributed by atoms with Crippen molar-refractivity contribution in [3.8, 4) is 0 Å². The third-order valence-electron chi connectivity index (χ3n) is 2.91. The number of carboxylic acid groups (broad SMARTS) is 1. The van der Waals surface area contributed by atoms with Crippen molar-refractivity contribution < 1.29 is 23.1 Å². The van der Waals surface area contributed by atoms with Crippen molar-refractivity contribution in [2.24, 2.45) is 0 Å². The first-order chi connectivity index (χ1) is 11.4. The van der Waals surface area contributed by atoms with Gasteiger partial charge in [-0.25, -0.2) is 4.79 Å². The molecule has 3 aromatic rings. The Balaban J connectivity index is 0.000000174. The molecule has 3 rings (SSSR count). The van der Waals surface area contributed by atoms with Gasteiger partial charge >= 0.3 is 11.9 Å². The minimum Gasteiger partial charge on any atom is -0.478 e. The van der Waals surface area contributed by atoms with Crippen LogP contribution in [0.15, 0.2) is 48.5 Å². The van der Waals surface area contributed by atoms with Crippen molar-refractivity contribution in [1.29, 1.82) is 0 Å². The van der Waals surface area contributed by atoms with Crippen LogP contribution in [-0.2, 0) is 6.16 Å². The molecule has 24 heavy (non-hydrogen) atoms. The first-order valence-electron chi connectivity index (χ1n) is 6.75. The fourth-order valence-corrected chi connectivity index (χ4v) is 2.48. The molecule has 0 aliphatic carbocycles. The average Bonchev–Trinajstić information content (AvgIpc) is 3.02. The summed E-state index contributed by atoms with van der Waals surface area (Å²) in [6, 6.07) is 13.5. The van der Waals surface area contributed by atoms with Gasteiger partial charge < -0.3 is 5.11 Å². The first-order valence-corrected chi connectivity index (χ1v) is 7.96. The van der Waals surface area contributed by atoms with Gasteiger partial charge in [-0.3, -0.25) is 0 Å². The average molecular weight is 355 g/mol. The number of para-hydroxylation sites is 1. The van der Waals surface area contributed by atoms with Crippen molar-refractivity contribution in [3.63, 3.8) is 0 Å². The molecule has 0 radical (unpaired) electrons. The van der Waals surface area contributed by atoms with Gasteiger partial charge in [0.15, 0.2) is 0 Å². The van der Waals surface area contributed by atoms with Crippen LogP contribution in [0.25, 0.3) is 11.0 Å². The molecule has 0 saturated heterocycles. The number of aromatic amines is 1. The highest BCUT2D eigenvalue weighted by Crippen LogP contribution is 2.38. The molecule has 2 N–H and O–H groups in total. The molecule has 0 saturated carbocycles. The summed E-state index contributed by atoms with van der Waals surface area (Å²) in [5, 5.41) is 18.6. The number of rotatable bonds is 3. The largest absolute Gasteiger partial charge is 0.478 e. The highest BCUT2D eigenvalue weighted by Gasteiger charge is 2.26. The number of hydrogen-bond donors (Lipinski definition) is 2. The molecule has 0 bridgehead atoms. The number of carboxylic acids is 1. The second-order valence-electron chi connectivity index (χ2n) is 4.64. The Hall–Kier alpha value is -2.47. The van der Waals surface area contributed by atoms with Crippen LogP contribution in [0.5, 0.6) is 0 Å². The lowest BCUT2D eigenvalue weighted by atomic mass is 10.2. The van der Waals surface area contributed by atoms with E-state index in [0.29, 0.717) is 11.0 Å². The molecular weight excluding hydrogens is 342 g/mol. The predicted molar refractivity (Wildman–Crippen MR) is 85.4 cm³/mol. The van der Waals surface area contributed by atoms with Crippen molar-refractivity contribution in [2.75, 3.05) is 0 Å². The van der Waals surface area contributed by atoms with Gasteiger partial charge in [0.2, 0.25) is 0 Å². The van der Waals surface area contributed by atoms with Crippen LogP contribution in [-0.4, -0.2) is 32.4 Å². The van der Waals surface area contributed by atoms with E-state index in [9.17, 15) is 18.0 Å². The van der Waals surface area contributed by atoms with E-state index in [1.807, 2.05) is 0 Å². The summed E-state index contributed by atoms with van der Waals surface area (Å²) < 4.78 is 35.3. The van der Waals surface area contributed by atoms with Gasteiger partial charge in [-0.15, -0.1) is 0 Å². The fraction of sp³-hybridized carbons (Fsp3) is 0.133. The molecule has 2 aromatic carbocycles. The highest BCUT2D eigenvalue weighted by molar-refractivity contribution is 7.38. The van der Waals surface area contributed by atoms with E-state index < -0.39 is 20.5 Å². The topological polar surface area (TPSA) is 78.9 Å². The highest BCUT2D eigenvalue weighted by atomic mass is 31.1. The zero-order chi connectivity index (χ0) is 17.6. The van der Waals surface area contributed by atoms with Crippen molar-refractivity contribution >= 4 is 25.6 Å². The van der Waals surface area contributed by atoms with Crippen molar-refractivity contribution in [2.45, 2.75) is 12.1 Å². The molecule has 1 heterocycles. The Morgan fingerprint density at radius 1 is 1.08 bits per heavy atom. The molecule has 0 spiro atoms. The molecule has 1 unspecified atom stereocenters. The number of nitrogens with one attached hydrogen (secondary N) is 1. The van der Waals surface area contributed by atoms with Gasteiger partial charge in [-0.2, -0.15) is 28.6 Å². The number of H-pyrrole nitrogens is 1. The van der Waals surface area contributed by atoms with E-state index in [1.165, 1.54) is 6.07 Å². The SMILES string of the molecule is FC(F)(F)PCc1ccccc1.O=C(O)c1cccc2n[nH]nc12. The standard InChI is InChI=1S/C8H8F3P.C7H5N3O2/c9-8(10,11)12-6-7-4-2-1-3-5-7;11-7(12)4-2-1-3-5-6(4)9-10-8-5/h1-5,12H,6H2;1-3H,(H,11,12)(H,8,9,10). The Morgan fingerprint density at radius 3 is 2.42 bits per heavy atom. The van der Waals surface area contributed by atoms with Gasteiger partial charge in [0.05, 0.1) is 5.56 Å². The smallest absolute Gasteiger partial charge is 0.402 e. The van der Waals surface area contributed by atoms with Crippen LogP contribution >= 0.6 is 8.58 Å². The second-order valence-corrected chi connectivity index (χ2v) is 5.91. The molecule has 1 aromatic heterocycles. The summed E-state index contributed by atoms with van der Waals surface area (Å²) in [7, 11) is -0.981. The zero-order valence-corrected chi connectivity index (χ0v) is 13.2. The monoisotopic (exact) mass is 355 g/mol. The van der Waals surface area contributed by atoms with Gasteiger partial charge in [-0.1, -0.05) is 36.4 Å². The van der Waals surface area contributed by atoms with E-state index in [4.69, 9.17) is 5.11 Å². The molecule has 0 aliphatic rings. The van der Waals surface area contributed by atoms with E-state index >= 15 is 0 Å². The Labute approximate surface area is 136 Å². The lowest BCUT2D eigenvalue weighted by molar-refractivity contribution is -0.0372. The molecule has 126 valence electrons. The normalized spacial score (nSPS) is 11.5. The van der Waals surface area contributed by atoms with Crippen LogP contribution in [0, 0.1) is 0 Å². The van der Waals surface area contributed by atoms with E-state index in [-0.39, 0.29) is 11.7 Å². The number of fused-ring (bicyclic) bond motifs is 1. The number of hydrogen-bond acceptors (Lipinski definition) is 3.